The van der Waals surface area contributed by atoms with Gasteiger partial charge in [0.05, 0.1) is 17.6 Å². The molecule has 0 saturated heterocycles. The van der Waals surface area contributed by atoms with Gasteiger partial charge in [0.25, 0.3) is 0 Å². The highest BCUT2D eigenvalue weighted by Gasteiger charge is 2.09. The van der Waals surface area contributed by atoms with E-state index in [0.29, 0.717) is 17.8 Å². The van der Waals surface area contributed by atoms with E-state index in [-0.39, 0.29) is 18.0 Å². The van der Waals surface area contributed by atoms with Crippen molar-refractivity contribution in [2.75, 3.05) is 17.7 Å². The molecule has 0 unspecified atom stereocenters. The summed E-state index contributed by atoms with van der Waals surface area (Å²) < 4.78 is 21.7. The Kier molecular flexibility index (Phi) is 4.00. The zero-order valence-corrected chi connectivity index (χ0v) is 9.83. The number of hydrogen-bond donors (Lipinski definition) is 1. The van der Waals surface area contributed by atoms with Gasteiger partial charge >= 0.3 is 0 Å². The Morgan fingerprint density at radius 1 is 1.44 bits per heavy atom. The van der Waals surface area contributed by atoms with Crippen LogP contribution in [-0.2, 0) is 9.84 Å². The number of anilines is 1. The summed E-state index contributed by atoms with van der Waals surface area (Å²) >= 11 is 0. The van der Waals surface area contributed by atoms with Gasteiger partial charge in [0, 0.05) is 12.7 Å². The van der Waals surface area contributed by atoms with Gasteiger partial charge in [-0.3, -0.25) is 9.78 Å². The van der Waals surface area contributed by atoms with Crippen molar-refractivity contribution < 1.29 is 13.2 Å². The molecule has 2 N–H and O–H groups in total. The van der Waals surface area contributed by atoms with Crippen LogP contribution in [0.3, 0.4) is 0 Å². The summed E-state index contributed by atoms with van der Waals surface area (Å²) in [7, 11) is -3.00. The Bertz CT molecular complexity index is 465. The summed E-state index contributed by atoms with van der Waals surface area (Å²) in [5.74, 6) is -0.142. The molecule has 0 aliphatic rings. The van der Waals surface area contributed by atoms with Gasteiger partial charge in [0.1, 0.15) is 15.5 Å². The Labute approximate surface area is 94.6 Å². The first-order chi connectivity index (χ1) is 7.38. The van der Waals surface area contributed by atoms with Crippen molar-refractivity contribution in [3.05, 3.63) is 24.0 Å². The number of Topliss-reactive ketones (excluding diaryl/α,β-unsaturated/α-hetero) is 1. The van der Waals surface area contributed by atoms with E-state index in [2.05, 4.69) is 4.98 Å². The summed E-state index contributed by atoms with van der Waals surface area (Å²) in [5, 5.41) is 0. The maximum Gasteiger partial charge on any atom is 0.181 e. The van der Waals surface area contributed by atoms with E-state index in [1.54, 1.807) is 6.07 Å². The predicted octanol–water partition coefficient (Wildman–Crippen LogP) is 0.671. The van der Waals surface area contributed by atoms with Crippen LogP contribution in [0.1, 0.15) is 23.3 Å². The van der Waals surface area contributed by atoms with Gasteiger partial charge in [-0.1, -0.05) is 0 Å². The molecule has 0 fully saturated rings. The molecule has 6 heteroatoms. The first-order valence-electron chi connectivity index (χ1n) is 4.81. The summed E-state index contributed by atoms with van der Waals surface area (Å²) in [5.41, 5.74) is 6.25. The SMILES string of the molecule is CS(=O)(=O)CCCC(=O)c1ccc(N)cn1. The summed E-state index contributed by atoms with van der Waals surface area (Å²) in [6.45, 7) is 0. The molecule has 88 valence electrons. The highest BCUT2D eigenvalue weighted by Crippen LogP contribution is 2.06. The molecule has 16 heavy (non-hydrogen) atoms. The van der Waals surface area contributed by atoms with Gasteiger partial charge in [0.15, 0.2) is 5.78 Å². The Balaban J connectivity index is 2.50. The van der Waals surface area contributed by atoms with Crippen molar-refractivity contribution >= 4 is 21.3 Å². The van der Waals surface area contributed by atoms with E-state index >= 15 is 0 Å². The van der Waals surface area contributed by atoms with Gasteiger partial charge in [-0.25, -0.2) is 8.42 Å². The highest BCUT2D eigenvalue weighted by molar-refractivity contribution is 7.90. The molecule has 0 saturated carbocycles. The third-order valence-electron chi connectivity index (χ3n) is 1.99. The smallest absolute Gasteiger partial charge is 0.181 e. The lowest BCUT2D eigenvalue weighted by Gasteiger charge is -2.00. The number of ketones is 1. The number of carbonyl (C=O) groups is 1. The quantitative estimate of drug-likeness (QED) is 0.766. The first-order valence-corrected chi connectivity index (χ1v) is 6.87. The molecular formula is C10H14N2O3S. The van der Waals surface area contributed by atoms with Crippen LogP contribution in [0.15, 0.2) is 18.3 Å². The number of hydrogen-bond acceptors (Lipinski definition) is 5. The van der Waals surface area contributed by atoms with Crippen molar-refractivity contribution in [1.82, 2.24) is 4.98 Å². The van der Waals surface area contributed by atoms with Crippen LogP contribution < -0.4 is 5.73 Å². The topological polar surface area (TPSA) is 90.1 Å². The standard InChI is InChI=1S/C10H14N2O3S/c1-16(14,15)6-2-3-10(13)9-5-4-8(11)7-12-9/h4-5,7H,2-3,6,11H2,1H3. The van der Waals surface area contributed by atoms with Crippen LogP contribution in [0.25, 0.3) is 0 Å². The molecule has 0 bridgehead atoms. The minimum absolute atomic E-state index is 0.0215. The minimum atomic E-state index is -3.00. The Morgan fingerprint density at radius 2 is 2.12 bits per heavy atom. The second kappa shape index (κ2) is 5.07. The average molecular weight is 242 g/mol. The van der Waals surface area contributed by atoms with Crippen LogP contribution >= 0.6 is 0 Å². The van der Waals surface area contributed by atoms with Gasteiger partial charge in [-0.2, -0.15) is 0 Å². The predicted molar refractivity (Wildman–Crippen MR) is 61.9 cm³/mol. The van der Waals surface area contributed by atoms with Gasteiger partial charge in [0.2, 0.25) is 0 Å². The molecule has 0 atom stereocenters. The Morgan fingerprint density at radius 3 is 2.62 bits per heavy atom. The molecule has 0 radical (unpaired) electrons. The van der Waals surface area contributed by atoms with Crippen molar-refractivity contribution in [3.63, 3.8) is 0 Å². The van der Waals surface area contributed by atoms with Crippen LogP contribution in [0, 0.1) is 0 Å². The number of aromatic nitrogens is 1. The van der Waals surface area contributed by atoms with Crippen molar-refractivity contribution in [2.24, 2.45) is 0 Å². The summed E-state index contributed by atoms with van der Waals surface area (Å²) in [6.07, 6.45) is 3.07. The van der Waals surface area contributed by atoms with E-state index < -0.39 is 9.84 Å². The molecule has 0 aliphatic carbocycles. The fourth-order valence-corrected chi connectivity index (χ4v) is 1.86. The number of carbonyl (C=O) groups excluding carboxylic acids is 1. The molecule has 1 aromatic heterocycles. The second-order valence-electron chi connectivity index (χ2n) is 3.63. The van der Waals surface area contributed by atoms with Crippen LogP contribution in [-0.4, -0.2) is 31.2 Å². The number of rotatable bonds is 5. The third kappa shape index (κ3) is 4.39. The molecule has 0 spiro atoms. The van der Waals surface area contributed by atoms with E-state index in [1.807, 2.05) is 0 Å². The maximum atomic E-state index is 11.5. The van der Waals surface area contributed by atoms with E-state index in [0.717, 1.165) is 6.26 Å². The summed E-state index contributed by atoms with van der Waals surface area (Å²) in [4.78, 5) is 15.4. The fraction of sp³-hybridized carbons (Fsp3) is 0.400. The largest absolute Gasteiger partial charge is 0.397 e. The lowest BCUT2D eigenvalue weighted by atomic mass is 10.1. The highest BCUT2D eigenvalue weighted by atomic mass is 32.2. The van der Waals surface area contributed by atoms with E-state index in [1.165, 1.54) is 12.3 Å². The normalized spacial score (nSPS) is 11.3. The number of nitrogens with two attached hydrogens (primary N) is 1. The van der Waals surface area contributed by atoms with Crippen molar-refractivity contribution in [1.29, 1.82) is 0 Å². The molecule has 1 aromatic rings. The fourth-order valence-electron chi connectivity index (χ4n) is 1.19. The molecule has 5 nitrogen and oxygen atoms in total. The van der Waals surface area contributed by atoms with E-state index in [9.17, 15) is 13.2 Å². The van der Waals surface area contributed by atoms with E-state index in [4.69, 9.17) is 5.73 Å². The second-order valence-corrected chi connectivity index (χ2v) is 5.89. The Hall–Kier alpha value is -1.43. The van der Waals surface area contributed by atoms with Crippen LogP contribution in [0.5, 0.6) is 0 Å². The number of pyridine rings is 1. The monoisotopic (exact) mass is 242 g/mol. The average Bonchev–Trinajstić information content (AvgIpc) is 2.16. The zero-order valence-electron chi connectivity index (χ0n) is 9.01. The molecular weight excluding hydrogens is 228 g/mol. The number of nitrogen functional groups attached to an aromatic ring is 1. The summed E-state index contributed by atoms with van der Waals surface area (Å²) in [6, 6.07) is 3.13. The molecule has 1 heterocycles. The molecule has 0 aliphatic heterocycles. The van der Waals surface area contributed by atoms with Gasteiger partial charge in [-0.05, 0) is 18.6 Å². The molecule has 1 rings (SSSR count). The number of nitrogens with zero attached hydrogens (tertiary/aromatic N) is 1. The first kappa shape index (κ1) is 12.6. The number of sulfone groups is 1. The molecule has 0 aromatic carbocycles. The lowest BCUT2D eigenvalue weighted by Crippen LogP contribution is -2.07. The molecule has 0 amide bonds. The van der Waals surface area contributed by atoms with Crippen LogP contribution in [0.2, 0.25) is 0 Å². The minimum Gasteiger partial charge on any atom is -0.397 e. The maximum absolute atomic E-state index is 11.5. The third-order valence-corrected chi connectivity index (χ3v) is 3.02. The van der Waals surface area contributed by atoms with Gasteiger partial charge in [-0.15, -0.1) is 0 Å². The van der Waals surface area contributed by atoms with Crippen molar-refractivity contribution in [3.8, 4) is 0 Å². The zero-order chi connectivity index (χ0) is 12.2. The van der Waals surface area contributed by atoms with Gasteiger partial charge < -0.3 is 5.73 Å². The lowest BCUT2D eigenvalue weighted by molar-refractivity contribution is 0.0977. The van der Waals surface area contributed by atoms with Crippen LogP contribution in [0.4, 0.5) is 5.69 Å². The van der Waals surface area contributed by atoms with Crippen molar-refractivity contribution in [2.45, 2.75) is 12.8 Å².